The van der Waals surface area contributed by atoms with Gasteiger partial charge in [-0.1, -0.05) is 63.1 Å². The van der Waals surface area contributed by atoms with E-state index in [-0.39, 0.29) is 5.91 Å². The van der Waals surface area contributed by atoms with E-state index in [9.17, 15) is 9.59 Å². The highest BCUT2D eigenvalue weighted by molar-refractivity contribution is 8.12. The highest BCUT2D eigenvalue weighted by Crippen LogP contribution is 2.32. The largest absolute Gasteiger partial charge is 0.498 e. The van der Waals surface area contributed by atoms with Gasteiger partial charge in [-0.25, -0.2) is 4.79 Å². The van der Waals surface area contributed by atoms with E-state index in [2.05, 4.69) is 60.1 Å². The highest BCUT2D eigenvalue weighted by Gasteiger charge is 2.34. The second-order valence-electron chi connectivity index (χ2n) is 11.2. The van der Waals surface area contributed by atoms with Crippen molar-refractivity contribution in [2.24, 2.45) is 5.92 Å². The minimum Gasteiger partial charge on any atom is -0.498 e. The van der Waals surface area contributed by atoms with Gasteiger partial charge < -0.3 is 24.2 Å². The number of hydrogen-bond acceptors (Lipinski definition) is 7. The number of allylic oxidation sites excluding steroid dienone is 9. The summed E-state index contributed by atoms with van der Waals surface area (Å²) in [5.41, 5.74) is 1.34. The normalized spacial score (nSPS) is 23.7. The molecule has 2 atom stereocenters. The Labute approximate surface area is 269 Å². The molecule has 2 unspecified atom stereocenters. The zero-order valence-corrected chi connectivity index (χ0v) is 28.3. The van der Waals surface area contributed by atoms with Crippen molar-refractivity contribution in [3.05, 3.63) is 71.5 Å². The predicted octanol–water partition coefficient (Wildman–Crippen LogP) is 8.07. The Hall–Kier alpha value is -2.91. The molecule has 1 saturated heterocycles. The molecule has 0 aliphatic carbocycles. The molecule has 1 N–H and O–H groups in total. The lowest BCUT2D eigenvalue weighted by atomic mass is 9.93. The van der Waals surface area contributed by atoms with Crippen molar-refractivity contribution in [2.75, 3.05) is 45.8 Å². The summed E-state index contributed by atoms with van der Waals surface area (Å²) in [6, 6.07) is 0.381. The molecule has 0 bridgehead atoms. The van der Waals surface area contributed by atoms with E-state index in [0.29, 0.717) is 25.3 Å². The molecule has 3 aliphatic heterocycles. The van der Waals surface area contributed by atoms with Gasteiger partial charge in [-0.15, -0.1) is 0 Å². The van der Waals surface area contributed by atoms with E-state index in [1.807, 2.05) is 26.0 Å². The van der Waals surface area contributed by atoms with Gasteiger partial charge in [0.25, 0.3) is 0 Å². The van der Waals surface area contributed by atoms with Crippen molar-refractivity contribution in [1.82, 2.24) is 9.80 Å². The maximum atomic E-state index is 13.5. The average Bonchev–Trinajstić information content (AvgIpc) is 3.63. The fourth-order valence-corrected chi connectivity index (χ4v) is 5.28. The molecule has 0 aromatic heterocycles. The maximum absolute atomic E-state index is 13.5. The number of likely N-dealkylation sites (tertiary alicyclic amines) is 1. The topological polar surface area (TPSA) is 88.5 Å². The van der Waals surface area contributed by atoms with Crippen LogP contribution in [0.5, 0.6) is 0 Å². The molecule has 1 fully saturated rings. The minimum atomic E-state index is -0.829. The molecule has 0 aromatic rings. The van der Waals surface area contributed by atoms with Gasteiger partial charge in [0.2, 0.25) is 12.7 Å². The third-order valence-electron chi connectivity index (χ3n) is 7.86. The van der Waals surface area contributed by atoms with Crippen LogP contribution < -0.4 is 0 Å². The Morgan fingerprint density at radius 3 is 2.45 bits per heavy atom. The quantitative estimate of drug-likeness (QED) is 0.193. The third kappa shape index (κ3) is 14.2. The summed E-state index contributed by atoms with van der Waals surface area (Å²) in [7, 11) is 0. The molecule has 1 amide bonds. The van der Waals surface area contributed by atoms with E-state index in [1.165, 1.54) is 11.8 Å². The average molecular weight is 631 g/mol. The summed E-state index contributed by atoms with van der Waals surface area (Å²) in [4.78, 5) is 27.4. The van der Waals surface area contributed by atoms with Crippen LogP contribution in [-0.4, -0.2) is 78.0 Å². The van der Waals surface area contributed by atoms with Gasteiger partial charge in [-0.05, 0) is 94.0 Å². The number of nitrogens with zero attached hydrogens (tertiary/aromatic N) is 2. The van der Waals surface area contributed by atoms with Crippen molar-refractivity contribution in [3.63, 3.8) is 0 Å². The van der Waals surface area contributed by atoms with Gasteiger partial charge in [0.15, 0.2) is 5.76 Å². The Kier molecular flexibility index (Phi) is 18.4. The first-order chi connectivity index (χ1) is 21.3. The summed E-state index contributed by atoms with van der Waals surface area (Å²) < 4.78 is 16.5. The maximum Gasteiger partial charge on any atom is 0.364 e. The predicted molar refractivity (Wildman–Crippen MR) is 180 cm³/mol. The molecular formula is C35H54N2O6S. The summed E-state index contributed by atoms with van der Waals surface area (Å²) in [6.45, 7) is 12.5. The molecule has 9 heteroatoms. The second-order valence-corrected chi connectivity index (χ2v) is 12.0. The first-order valence-electron chi connectivity index (χ1n) is 16.0. The summed E-state index contributed by atoms with van der Waals surface area (Å²) in [5.74, 6) is 3.28. The zero-order chi connectivity index (χ0) is 32.2. The Morgan fingerprint density at radius 2 is 1.82 bits per heavy atom. The molecule has 0 radical (unpaired) electrons. The molecule has 0 spiro atoms. The van der Waals surface area contributed by atoms with Crippen molar-refractivity contribution >= 4 is 23.0 Å². The number of unbranched alkanes of at least 4 members (excludes halogenated alkanes) is 2. The number of amides is 1. The molecule has 3 heterocycles. The molecule has 8 nitrogen and oxygen atoms in total. The molecule has 0 aromatic carbocycles. The molecule has 246 valence electrons. The number of ether oxygens (including phenoxy) is 3. The van der Waals surface area contributed by atoms with Gasteiger partial charge >= 0.3 is 5.30 Å². The highest BCUT2D eigenvalue weighted by atomic mass is 32.2. The van der Waals surface area contributed by atoms with E-state index in [1.54, 1.807) is 0 Å². The third-order valence-corrected chi connectivity index (χ3v) is 8.21. The molecule has 0 saturated carbocycles. The van der Waals surface area contributed by atoms with Crippen LogP contribution in [0.3, 0.4) is 0 Å². The number of carbonyl (C=O) groups excluding carboxylic acids is 1. The summed E-state index contributed by atoms with van der Waals surface area (Å²) in [6.07, 6.45) is 26.9. The molecular weight excluding hydrogens is 576 g/mol. The fraction of sp³-hybridized carbons (Fsp3) is 0.600. The van der Waals surface area contributed by atoms with Crippen LogP contribution in [0.4, 0.5) is 4.79 Å². The number of carbonyl (C=O) groups is 2. The van der Waals surface area contributed by atoms with Gasteiger partial charge in [0.05, 0.1) is 18.9 Å². The van der Waals surface area contributed by atoms with Crippen molar-refractivity contribution in [1.29, 1.82) is 0 Å². The van der Waals surface area contributed by atoms with Crippen molar-refractivity contribution in [3.8, 4) is 0 Å². The van der Waals surface area contributed by atoms with Crippen molar-refractivity contribution in [2.45, 2.75) is 85.1 Å². The summed E-state index contributed by atoms with van der Waals surface area (Å²) >= 11 is 0.796. The lowest BCUT2D eigenvalue weighted by molar-refractivity contribution is -0.132. The Morgan fingerprint density at radius 1 is 1.09 bits per heavy atom. The Balaban J connectivity index is 0.00000125. The molecule has 3 aliphatic rings. The van der Waals surface area contributed by atoms with Gasteiger partial charge in [0.1, 0.15) is 5.76 Å². The van der Waals surface area contributed by atoms with Crippen LogP contribution in [0.1, 0.15) is 79.1 Å². The van der Waals surface area contributed by atoms with E-state index in [4.69, 9.17) is 19.3 Å². The molecule has 44 heavy (non-hydrogen) atoms. The van der Waals surface area contributed by atoms with Crippen LogP contribution in [0.15, 0.2) is 71.5 Å². The minimum absolute atomic E-state index is 0.284. The van der Waals surface area contributed by atoms with E-state index in [0.717, 1.165) is 107 Å². The number of hydrogen-bond donors (Lipinski definition) is 1. The van der Waals surface area contributed by atoms with Crippen LogP contribution in [0, 0.1) is 5.92 Å². The first-order valence-corrected chi connectivity index (χ1v) is 17.3. The molecule has 3 rings (SSSR count). The lowest BCUT2D eigenvalue weighted by Crippen LogP contribution is -2.43. The van der Waals surface area contributed by atoms with Gasteiger partial charge in [-0.3, -0.25) is 9.69 Å². The van der Waals surface area contributed by atoms with Crippen LogP contribution in [-0.2, 0) is 19.0 Å². The van der Waals surface area contributed by atoms with Crippen LogP contribution in [0.25, 0.3) is 0 Å². The van der Waals surface area contributed by atoms with E-state index < -0.39 is 5.30 Å². The zero-order valence-electron chi connectivity index (χ0n) is 27.5. The number of thioether (sulfide) groups is 1. The lowest BCUT2D eigenvalue weighted by Gasteiger charge is -2.28. The van der Waals surface area contributed by atoms with E-state index >= 15 is 0 Å². The van der Waals surface area contributed by atoms with Gasteiger partial charge in [-0.2, -0.15) is 0 Å². The van der Waals surface area contributed by atoms with Crippen molar-refractivity contribution < 1.29 is 28.9 Å². The monoisotopic (exact) mass is 630 g/mol. The fourth-order valence-electron chi connectivity index (χ4n) is 5.28. The SMILES string of the molecule is CCCCN(CCCC)C(=O)CN1CC(C2=C/C=C(\C)OCC\C=C\2)CC1CC/C=C/C=C\C1=C(C)OCO1.CSC(=O)O. The standard InChI is InChI=1S/C33H50N2O4.C2H4O2S/c1-5-7-20-34(21-8-6-2)33(36)25-35-24-30(29-15-13-14-22-37-27(3)18-19-29)23-31(35)16-11-9-10-12-17-32-28(4)38-26-39-32;1-5-2(3)4/h9-10,12-13,15,17-19,30-31H,5-8,11,14,16,20-26H2,1-4H3;1H3,(H,3,4)/b10-9+,15-13+,17-12-,27-18+,29-19+;. The van der Waals surface area contributed by atoms with Gasteiger partial charge in [0, 0.05) is 25.7 Å². The number of carboxylic acid groups (broad SMARTS) is 1. The Bertz CT molecular complexity index is 1070. The van der Waals surface area contributed by atoms with Crippen LogP contribution in [0.2, 0.25) is 0 Å². The second kappa shape index (κ2) is 21.7. The number of rotatable bonds is 14. The van der Waals surface area contributed by atoms with Crippen LogP contribution >= 0.6 is 11.8 Å². The summed E-state index contributed by atoms with van der Waals surface area (Å²) in [5, 5.41) is 6.86. The smallest absolute Gasteiger partial charge is 0.364 e. The first kappa shape index (κ1) is 37.3.